The SMILES string of the molecule is CCSCC(C)NC(=O)c1cc(N)cc(Br)c1. The van der Waals surface area contributed by atoms with Gasteiger partial charge in [-0.15, -0.1) is 0 Å². The Morgan fingerprint density at radius 3 is 2.82 bits per heavy atom. The van der Waals surface area contributed by atoms with Gasteiger partial charge in [0.2, 0.25) is 0 Å². The normalized spacial score (nSPS) is 12.2. The third-order valence-corrected chi connectivity index (χ3v) is 3.73. The lowest BCUT2D eigenvalue weighted by atomic mass is 10.2. The van der Waals surface area contributed by atoms with Gasteiger partial charge in [0, 0.05) is 27.5 Å². The molecule has 0 heterocycles. The average molecular weight is 317 g/mol. The minimum absolute atomic E-state index is 0.0813. The number of carbonyl (C=O) groups is 1. The number of hydrogen-bond donors (Lipinski definition) is 2. The van der Waals surface area contributed by atoms with Gasteiger partial charge >= 0.3 is 0 Å². The largest absolute Gasteiger partial charge is 0.399 e. The van der Waals surface area contributed by atoms with Crippen LogP contribution in [0.4, 0.5) is 5.69 Å². The highest BCUT2D eigenvalue weighted by atomic mass is 79.9. The van der Waals surface area contributed by atoms with Crippen LogP contribution in [0.15, 0.2) is 22.7 Å². The Balaban J connectivity index is 2.63. The van der Waals surface area contributed by atoms with E-state index in [1.807, 2.05) is 18.7 Å². The highest BCUT2D eigenvalue weighted by Gasteiger charge is 2.10. The number of hydrogen-bond acceptors (Lipinski definition) is 3. The van der Waals surface area contributed by atoms with E-state index in [4.69, 9.17) is 5.73 Å². The van der Waals surface area contributed by atoms with Crippen LogP contribution < -0.4 is 11.1 Å². The summed E-state index contributed by atoms with van der Waals surface area (Å²) in [5.41, 5.74) is 6.87. The quantitative estimate of drug-likeness (QED) is 0.821. The maximum Gasteiger partial charge on any atom is 0.251 e. The molecule has 0 fully saturated rings. The molecule has 0 saturated carbocycles. The smallest absolute Gasteiger partial charge is 0.251 e. The lowest BCUT2D eigenvalue weighted by Crippen LogP contribution is -2.34. The standard InChI is InChI=1S/C12H17BrN2OS/c1-3-17-7-8(2)15-12(16)9-4-10(13)6-11(14)5-9/h4-6,8H,3,7,14H2,1-2H3,(H,15,16). The van der Waals surface area contributed by atoms with Crippen LogP contribution in [-0.2, 0) is 0 Å². The van der Waals surface area contributed by atoms with E-state index in [1.54, 1.807) is 18.2 Å². The van der Waals surface area contributed by atoms with Gasteiger partial charge in [-0.3, -0.25) is 4.79 Å². The molecule has 0 aliphatic carbocycles. The van der Waals surface area contributed by atoms with Gasteiger partial charge in [0.1, 0.15) is 0 Å². The van der Waals surface area contributed by atoms with Crippen molar-refractivity contribution in [3.8, 4) is 0 Å². The Bertz CT molecular complexity index is 378. The molecule has 0 radical (unpaired) electrons. The van der Waals surface area contributed by atoms with Crippen LogP contribution in [0.5, 0.6) is 0 Å². The Hall–Kier alpha value is -0.680. The van der Waals surface area contributed by atoms with Crippen LogP contribution in [0, 0.1) is 0 Å². The van der Waals surface area contributed by atoms with Gasteiger partial charge in [0.25, 0.3) is 5.91 Å². The molecule has 1 aromatic rings. The maximum absolute atomic E-state index is 11.9. The topological polar surface area (TPSA) is 55.1 Å². The van der Waals surface area contributed by atoms with Crippen molar-refractivity contribution in [2.75, 3.05) is 17.2 Å². The molecule has 1 amide bonds. The minimum Gasteiger partial charge on any atom is -0.399 e. The number of thioether (sulfide) groups is 1. The Labute approximate surface area is 115 Å². The van der Waals surface area contributed by atoms with Crippen LogP contribution in [0.2, 0.25) is 0 Å². The zero-order chi connectivity index (χ0) is 12.8. The molecule has 1 unspecified atom stereocenters. The Morgan fingerprint density at radius 2 is 2.24 bits per heavy atom. The first-order valence-electron chi connectivity index (χ1n) is 5.47. The fourth-order valence-electron chi connectivity index (χ4n) is 1.39. The zero-order valence-electron chi connectivity index (χ0n) is 10.00. The van der Waals surface area contributed by atoms with Crippen molar-refractivity contribution in [1.82, 2.24) is 5.32 Å². The predicted molar refractivity (Wildman–Crippen MR) is 78.5 cm³/mol. The number of nitrogens with two attached hydrogens (primary N) is 1. The molecule has 0 spiro atoms. The molecule has 3 N–H and O–H groups in total. The molecule has 5 heteroatoms. The van der Waals surface area contributed by atoms with Crippen LogP contribution in [0.25, 0.3) is 0 Å². The predicted octanol–water partition coefficient (Wildman–Crippen LogP) is 2.90. The summed E-state index contributed by atoms with van der Waals surface area (Å²) in [5.74, 6) is 1.90. The van der Waals surface area contributed by atoms with E-state index < -0.39 is 0 Å². The Morgan fingerprint density at radius 1 is 1.53 bits per heavy atom. The number of nitrogens with one attached hydrogen (secondary N) is 1. The minimum atomic E-state index is -0.0813. The summed E-state index contributed by atoms with van der Waals surface area (Å²) in [5, 5.41) is 2.95. The van der Waals surface area contributed by atoms with Crippen LogP contribution in [0.3, 0.4) is 0 Å². The van der Waals surface area contributed by atoms with E-state index in [0.29, 0.717) is 11.3 Å². The zero-order valence-corrected chi connectivity index (χ0v) is 12.4. The number of halogens is 1. The summed E-state index contributed by atoms with van der Waals surface area (Å²) in [6.45, 7) is 4.11. The second-order valence-corrected chi connectivity index (χ2v) is 6.04. The molecular formula is C12H17BrN2OS. The van der Waals surface area contributed by atoms with E-state index in [-0.39, 0.29) is 11.9 Å². The molecule has 0 bridgehead atoms. The summed E-state index contributed by atoms with van der Waals surface area (Å²) < 4.78 is 0.818. The number of nitrogen functional groups attached to an aromatic ring is 1. The number of amides is 1. The molecule has 3 nitrogen and oxygen atoms in total. The van der Waals surface area contributed by atoms with Crippen molar-refractivity contribution in [2.45, 2.75) is 19.9 Å². The van der Waals surface area contributed by atoms with Gasteiger partial charge < -0.3 is 11.1 Å². The van der Waals surface area contributed by atoms with Crippen molar-refractivity contribution >= 4 is 39.3 Å². The molecule has 0 aromatic heterocycles. The molecular weight excluding hydrogens is 300 g/mol. The molecule has 0 saturated heterocycles. The maximum atomic E-state index is 11.9. The first-order chi connectivity index (χ1) is 8.02. The number of carbonyl (C=O) groups excluding carboxylic acids is 1. The molecule has 1 atom stereocenters. The molecule has 1 rings (SSSR count). The van der Waals surface area contributed by atoms with Gasteiger partial charge in [-0.2, -0.15) is 11.8 Å². The highest BCUT2D eigenvalue weighted by molar-refractivity contribution is 9.10. The average Bonchev–Trinajstić information content (AvgIpc) is 2.25. The fraction of sp³-hybridized carbons (Fsp3) is 0.417. The van der Waals surface area contributed by atoms with Crippen molar-refractivity contribution in [2.24, 2.45) is 0 Å². The summed E-state index contributed by atoms with van der Waals surface area (Å²) in [4.78, 5) is 11.9. The summed E-state index contributed by atoms with van der Waals surface area (Å²) in [6, 6.07) is 5.38. The molecule has 0 aliphatic heterocycles. The van der Waals surface area contributed by atoms with Crippen molar-refractivity contribution in [1.29, 1.82) is 0 Å². The second kappa shape index (κ2) is 6.91. The van der Waals surface area contributed by atoms with Crippen molar-refractivity contribution < 1.29 is 4.79 Å². The third-order valence-electron chi connectivity index (χ3n) is 2.13. The van der Waals surface area contributed by atoms with Crippen LogP contribution in [-0.4, -0.2) is 23.5 Å². The molecule has 0 aliphatic rings. The highest BCUT2D eigenvalue weighted by Crippen LogP contribution is 2.17. The number of rotatable bonds is 5. The van der Waals surface area contributed by atoms with Gasteiger partial charge in [-0.1, -0.05) is 22.9 Å². The number of anilines is 1. The van der Waals surface area contributed by atoms with E-state index in [9.17, 15) is 4.79 Å². The lowest BCUT2D eigenvalue weighted by Gasteiger charge is -2.13. The molecule has 94 valence electrons. The van der Waals surface area contributed by atoms with Gasteiger partial charge in [-0.25, -0.2) is 0 Å². The summed E-state index contributed by atoms with van der Waals surface area (Å²) >= 11 is 5.14. The summed E-state index contributed by atoms with van der Waals surface area (Å²) in [7, 11) is 0. The monoisotopic (exact) mass is 316 g/mol. The molecule has 17 heavy (non-hydrogen) atoms. The van der Waals surface area contributed by atoms with Gasteiger partial charge in [0.05, 0.1) is 0 Å². The van der Waals surface area contributed by atoms with Crippen LogP contribution >= 0.6 is 27.7 Å². The summed E-state index contributed by atoms with van der Waals surface area (Å²) in [6.07, 6.45) is 0. The van der Waals surface area contributed by atoms with Crippen LogP contribution in [0.1, 0.15) is 24.2 Å². The van der Waals surface area contributed by atoms with Gasteiger partial charge in [-0.05, 0) is 30.9 Å². The van der Waals surface area contributed by atoms with Crippen molar-refractivity contribution in [3.05, 3.63) is 28.2 Å². The second-order valence-electron chi connectivity index (χ2n) is 3.81. The fourth-order valence-corrected chi connectivity index (χ4v) is 2.57. The third kappa shape index (κ3) is 5.00. The van der Waals surface area contributed by atoms with E-state index >= 15 is 0 Å². The number of benzene rings is 1. The Kier molecular flexibility index (Phi) is 5.85. The van der Waals surface area contributed by atoms with Gasteiger partial charge in [0.15, 0.2) is 0 Å². The van der Waals surface area contributed by atoms with E-state index in [0.717, 1.165) is 16.0 Å². The first-order valence-corrected chi connectivity index (χ1v) is 7.42. The van der Waals surface area contributed by atoms with E-state index in [1.165, 1.54) is 0 Å². The first kappa shape index (κ1) is 14.4. The lowest BCUT2D eigenvalue weighted by molar-refractivity contribution is 0.0943. The van der Waals surface area contributed by atoms with Crippen molar-refractivity contribution in [3.63, 3.8) is 0 Å². The molecule has 1 aromatic carbocycles. The van der Waals surface area contributed by atoms with E-state index in [2.05, 4.69) is 28.2 Å².